The normalized spacial score (nSPS) is 16.1. The summed E-state index contributed by atoms with van der Waals surface area (Å²) >= 11 is 0. The van der Waals surface area contributed by atoms with E-state index in [9.17, 15) is 4.79 Å². The monoisotopic (exact) mass is 377 g/mol. The third-order valence-electron chi connectivity index (χ3n) is 5.75. The minimum atomic E-state index is -0.302. The number of ether oxygens (including phenoxy) is 1. The first-order chi connectivity index (χ1) is 13.7. The first kappa shape index (κ1) is 18.7. The molecule has 2 N–H and O–H groups in total. The lowest BCUT2D eigenvalue weighted by molar-refractivity contribution is 0.401. The van der Waals surface area contributed by atoms with Gasteiger partial charge in [0.25, 0.3) is 0 Å². The summed E-state index contributed by atoms with van der Waals surface area (Å²) in [4.78, 5) is 17.8. The van der Waals surface area contributed by atoms with Crippen molar-refractivity contribution in [2.75, 3.05) is 20.2 Å². The highest BCUT2D eigenvalue weighted by atomic mass is 16.5. The third kappa shape index (κ3) is 4.09. The first-order valence-corrected chi connectivity index (χ1v) is 10.1. The summed E-state index contributed by atoms with van der Waals surface area (Å²) in [5.41, 5.74) is 4.67. The topological polar surface area (TPSA) is 67.0 Å². The molecule has 1 aromatic heterocycles. The average Bonchev–Trinajstić information content (AvgIpc) is 2.73. The van der Waals surface area contributed by atoms with Gasteiger partial charge in [0.1, 0.15) is 5.75 Å². The Morgan fingerprint density at radius 1 is 1.25 bits per heavy atom. The molecule has 0 saturated heterocycles. The van der Waals surface area contributed by atoms with Gasteiger partial charge in [0.05, 0.1) is 12.6 Å². The second-order valence-electron chi connectivity index (χ2n) is 7.52. The number of methoxy groups -OCH3 is 1. The van der Waals surface area contributed by atoms with Gasteiger partial charge in [-0.3, -0.25) is 0 Å². The fourth-order valence-corrected chi connectivity index (χ4v) is 4.30. The number of nitrogens with zero attached hydrogens (tertiary/aromatic N) is 1. The van der Waals surface area contributed by atoms with Gasteiger partial charge in [0.2, 0.25) is 0 Å². The molecule has 4 rings (SSSR count). The number of nitrogens with one attached hydrogen (secondary N) is 2. The molecule has 1 atom stereocenters. The number of hydrogen-bond donors (Lipinski definition) is 2. The molecular formula is C23H27N3O2. The molecular weight excluding hydrogens is 350 g/mol. The maximum atomic E-state index is 11.3. The molecule has 1 aliphatic carbocycles. The van der Waals surface area contributed by atoms with Crippen molar-refractivity contribution in [2.24, 2.45) is 0 Å². The quantitative estimate of drug-likeness (QED) is 0.618. The van der Waals surface area contributed by atoms with Gasteiger partial charge in [0, 0.05) is 11.6 Å². The van der Waals surface area contributed by atoms with E-state index in [1.54, 1.807) is 13.3 Å². The second-order valence-corrected chi connectivity index (χ2v) is 7.52. The van der Waals surface area contributed by atoms with E-state index in [1.165, 1.54) is 29.5 Å². The smallest absolute Gasteiger partial charge is 0.345 e. The lowest BCUT2D eigenvalue weighted by atomic mass is 9.80. The lowest BCUT2D eigenvalue weighted by Gasteiger charge is -2.27. The van der Waals surface area contributed by atoms with Gasteiger partial charge in [-0.1, -0.05) is 18.2 Å². The van der Waals surface area contributed by atoms with Crippen molar-refractivity contribution in [3.05, 3.63) is 69.8 Å². The minimum Gasteiger partial charge on any atom is -0.496 e. The van der Waals surface area contributed by atoms with E-state index in [4.69, 9.17) is 4.74 Å². The van der Waals surface area contributed by atoms with Crippen LogP contribution in [0.5, 0.6) is 5.75 Å². The van der Waals surface area contributed by atoms with E-state index < -0.39 is 0 Å². The van der Waals surface area contributed by atoms with Crippen molar-refractivity contribution >= 4 is 10.9 Å². The highest BCUT2D eigenvalue weighted by molar-refractivity contribution is 5.77. The number of aromatic amines is 1. The number of rotatable bonds is 7. The summed E-state index contributed by atoms with van der Waals surface area (Å²) in [6.07, 6.45) is 7.39. The van der Waals surface area contributed by atoms with Crippen molar-refractivity contribution in [1.29, 1.82) is 0 Å². The van der Waals surface area contributed by atoms with Crippen molar-refractivity contribution in [3.8, 4) is 5.75 Å². The van der Waals surface area contributed by atoms with Crippen LogP contribution in [0, 0.1) is 0 Å². The van der Waals surface area contributed by atoms with Gasteiger partial charge in [-0.25, -0.2) is 9.78 Å². The van der Waals surface area contributed by atoms with Gasteiger partial charge in [-0.05, 0) is 86.0 Å². The van der Waals surface area contributed by atoms with Gasteiger partial charge < -0.3 is 15.0 Å². The van der Waals surface area contributed by atoms with E-state index in [0.717, 1.165) is 49.0 Å². The number of benzene rings is 2. The molecule has 0 spiro atoms. The van der Waals surface area contributed by atoms with Crippen LogP contribution in [0.2, 0.25) is 0 Å². The predicted octanol–water partition coefficient (Wildman–Crippen LogP) is 3.57. The molecule has 0 saturated carbocycles. The van der Waals surface area contributed by atoms with E-state index in [-0.39, 0.29) is 5.69 Å². The van der Waals surface area contributed by atoms with Gasteiger partial charge in [-0.15, -0.1) is 0 Å². The highest BCUT2D eigenvalue weighted by Crippen LogP contribution is 2.38. The largest absolute Gasteiger partial charge is 0.496 e. The van der Waals surface area contributed by atoms with Crippen LogP contribution in [0.4, 0.5) is 0 Å². The number of aromatic nitrogens is 2. The molecule has 1 aliphatic rings. The number of H-pyrrole nitrogens is 1. The zero-order chi connectivity index (χ0) is 19.3. The van der Waals surface area contributed by atoms with Crippen molar-refractivity contribution in [3.63, 3.8) is 0 Å². The molecule has 146 valence electrons. The van der Waals surface area contributed by atoms with Crippen molar-refractivity contribution < 1.29 is 4.74 Å². The molecule has 0 aliphatic heterocycles. The Bertz CT molecular complexity index is 1010. The Labute approximate surface area is 165 Å². The lowest BCUT2D eigenvalue weighted by Crippen LogP contribution is -2.22. The second kappa shape index (κ2) is 8.57. The molecule has 5 nitrogen and oxygen atoms in total. The molecule has 0 amide bonds. The summed E-state index contributed by atoms with van der Waals surface area (Å²) < 4.78 is 5.55. The maximum absolute atomic E-state index is 11.3. The molecule has 1 unspecified atom stereocenters. The minimum absolute atomic E-state index is 0.302. The summed E-state index contributed by atoms with van der Waals surface area (Å²) in [6, 6.07) is 12.6. The van der Waals surface area contributed by atoms with Crippen molar-refractivity contribution in [1.82, 2.24) is 15.3 Å². The molecule has 1 heterocycles. The highest BCUT2D eigenvalue weighted by Gasteiger charge is 2.22. The number of fused-ring (bicyclic) bond motifs is 2. The third-order valence-corrected chi connectivity index (χ3v) is 5.75. The Morgan fingerprint density at radius 2 is 2.18 bits per heavy atom. The summed E-state index contributed by atoms with van der Waals surface area (Å²) in [7, 11) is 1.77. The molecule has 2 aromatic carbocycles. The predicted molar refractivity (Wildman–Crippen MR) is 112 cm³/mol. The van der Waals surface area contributed by atoms with Crippen LogP contribution in [-0.4, -0.2) is 30.2 Å². The van der Waals surface area contributed by atoms with E-state index >= 15 is 0 Å². The van der Waals surface area contributed by atoms with E-state index in [2.05, 4.69) is 45.6 Å². The molecule has 5 heteroatoms. The maximum Gasteiger partial charge on any atom is 0.345 e. The van der Waals surface area contributed by atoms with Crippen LogP contribution in [0.3, 0.4) is 0 Å². The number of hydrogen-bond acceptors (Lipinski definition) is 4. The fraction of sp³-hybridized carbons (Fsp3) is 0.391. The van der Waals surface area contributed by atoms with E-state index in [1.807, 2.05) is 6.07 Å². The molecule has 3 aromatic rings. The zero-order valence-corrected chi connectivity index (χ0v) is 16.3. The van der Waals surface area contributed by atoms with Crippen LogP contribution in [0.25, 0.3) is 10.9 Å². The Morgan fingerprint density at radius 3 is 3.07 bits per heavy atom. The standard InChI is InChI=1S/C23H27N3O2/c1-28-22-7-3-5-19-17(4-2-6-20(19)22)11-13-24-12-10-16-8-9-21-18(14-16)15-25-23(27)26-21/h3,5,7-9,14-15,17,24H,2,4,6,10-13H2,1H3,(H,25,26,27). The molecule has 0 radical (unpaired) electrons. The molecule has 0 fully saturated rings. The summed E-state index contributed by atoms with van der Waals surface area (Å²) in [5, 5.41) is 4.57. The summed E-state index contributed by atoms with van der Waals surface area (Å²) in [6.45, 7) is 1.96. The zero-order valence-electron chi connectivity index (χ0n) is 16.3. The van der Waals surface area contributed by atoms with Gasteiger partial charge >= 0.3 is 5.69 Å². The molecule has 0 bridgehead atoms. The van der Waals surface area contributed by atoms with Crippen LogP contribution >= 0.6 is 0 Å². The van der Waals surface area contributed by atoms with Gasteiger partial charge in [0.15, 0.2) is 0 Å². The van der Waals surface area contributed by atoms with Crippen LogP contribution in [0.1, 0.15) is 41.9 Å². The molecule has 28 heavy (non-hydrogen) atoms. The Kier molecular flexibility index (Phi) is 5.72. The average molecular weight is 377 g/mol. The Hall–Kier alpha value is -2.66. The van der Waals surface area contributed by atoms with E-state index in [0.29, 0.717) is 5.92 Å². The summed E-state index contributed by atoms with van der Waals surface area (Å²) in [5.74, 6) is 1.66. The van der Waals surface area contributed by atoms with Gasteiger partial charge in [-0.2, -0.15) is 0 Å². The Balaban J connectivity index is 1.29. The first-order valence-electron chi connectivity index (χ1n) is 10.1. The van der Waals surface area contributed by atoms with Crippen LogP contribution in [-0.2, 0) is 12.8 Å². The van der Waals surface area contributed by atoms with Crippen LogP contribution in [0.15, 0.2) is 47.4 Å². The fourth-order valence-electron chi connectivity index (χ4n) is 4.30. The SMILES string of the molecule is COc1cccc2c1CCCC2CCNCCc1ccc2[nH]c(=O)ncc2c1. The van der Waals surface area contributed by atoms with Crippen LogP contribution < -0.4 is 15.7 Å². The van der Waals surface area contributed by atoms with Crippen molar-refractivity contribution in [2.45, 2.75) is 38.0 Å².